The second-order valence-electron chi connectivity index (χ2n) is 2.11. The molecule has 1 amide bonds. The Balaban J connectivity index is 0. The van der Waals surface area contributed by atoms with Gasteiger partial charge < -0.3 is 5.32 Å². The Morgan fingerprint density at radius 2 is 1.92 bits per heavy atom. The van der Waals surface area contributed by atoms with Gasteiger partial charge in [0.25, 0.3) is 0 Å². The van der Waals surface area contributed by atoms with Crippen LogP contribution in [0, 0.1) is 0 Å². The normalized spacial score (nSPS) is 8.00. The summed E-state index contributed by atoms with van der Waals surface area (Å²) in [5.74, 6) is -0.111. The highest BCUT2D eigenvalue weighted by atomic mass is 31.1. The van der Waals surface area contributed by atoms with Crippen LogP contribution < -0.4 is 5.32 Å². The molecule has 0 aliphatic rings. The van der Waals surface area contributed by atoms with Crippen LogP contribution in [0.2, 0.25) is 0 Å². The maximum atomic E-state index is 10.4. The Morgan fingerprint density at radius 1 is 1.58 bits per heavy atom. The molecule has 70 valence electrons. The van der Waals surface area contributed by atoms with Gasteiger partial charge in [-0.25, -0.2) is 9.13 Å². The molecule has 0 aromatic carbocycles. The fourth-order valence-electron chi connectivity index (χ4n) is 0.343. The molecule has 0 unspecified atom stereocenters. The molecule has 0 spiro atoms. The van der Waals surface area contributed by atoms with Crippen molar-refractivity contribution in [2.45, 2.75) is 19.9 Å². The molecule has 0 aromatic rings. The van der Waals surface area contributed by atoms with E-state index in [0.717, 1.165) is 0 Å². The predicted octanol–water partition coefficient (Wildman–Crippen LogP) is 0.764. The van der Waals surface area contributed by atoms with E-state index >= 15 is 0 Å². The topological polar surface area (TPSA) is 83.5 Å². The summed E-state index contributed by atoms with van der Waals surface area (Å²) < 4.78 is 17.2. The van der Waals surface area contributed by atoms with Crippen molar-refractivity contribution in [1.82, 2.24) is 5.32 Å². The van der Waals surface area contributed by atoms with Crippen molar-refractivity contribution in [2.75, 3.05) is 0 Å². The van der Waals surface area contributed by atoms with E-state index in [-0.39, 0.29) is 11.9 Å². The van der Waals surface area contributed by atoms with Crippen LogP contribution in [0.5, 0.6) is 0 Å². The van der Waals surface area contributed by atoms with E-state index in [9.17, 15) is 4.79 Å². The fraction of sp³-hybridized carbons (Fsp3) is 0.500. The largest absolute Gasteiger partial charge is 0.465 e. The highest BCUT2D eigenvalue weighted by molar-refractivity contribution is 7.23. The highest BCUT2D eigenvalue weighted by Crippen LogP contribution is 1.84. The quantitative estimate of drug-likeness (QED) is 0.501. The Kier molecular flexibility index (Phi) is 9.29. The third-order valence-electron chi connectivity index (χ3n) is 0.616. The summed E-state index contributed by atoms with van der Waals surface area (Å²) in [6.07, 6.45) is 1.26. The monoisotopic (exact) mass is 193 g/mol. The maximum absolute atomic E-state index is 10.4. The Morgan fingerprint density at radius 3 is 2.00 bits per heavy atom. The first-order valence-corrected chi connectivity index (χ1v) is 4.29. The highest BCUT2D eigenvalue weighted by Gasteiger charge is 1.93. The minimum Gasteiger partial charge on any atom is -0.350 e. The number of rotatable bonds is 2. The molecule has 0 aliphatic carbocycles. The average Bonchev–Trinajstić information content (AvgIpc) is 1.84. The van der Waals surface area contributed by atoms with Crippen molar-refractivity contribution in [3.05, 3.63) is 12.7 Å². The van der Waals surface area contributed by atoms with Gasteiger partial charge in [0.15, 0.2) is 0 Å². The fourth-order valence-corrected chi connectivity index (χ4v) is 0.343. The van der Waals surface area contributed by atoms with Crippen LogP contribution in [-0.2, 0) is 13.9 Å². The van der Waals surface area contributed by atoms with Gasteiger partial charge in [0.2, 0.25) is 5.91 Å². The lowest BCUT2D eigenvalue weighted by Gasteiger charge is -2.02. The van der Waals surface area contributed by atoms with Crippen molar-refractivity contribution in [3.63, 3.8) is 0 Å². The molecule has 0 bridgehead atoms. The molecule has 0 rings (SSSR count). The predicted molar refractivity (Wildman–Crippen MR) is 44.0 cm³/mol. The molecule has 0 atom stereocenters. The lowest BCUT2D eigenvalue weighted by atomic mass is 10.4. The molecule has 12 heavy (non-hydrogen) atoms. The van der Waals surface area contributed by atoms with Crippen molar-refractivity contribution >= 4 is 13.8 Å². The third-order valence-corrected chi connectivity index (χ3v) is 0.616. The first-order valence-electron chi connectivity index (χ1n) is 3.16. The summed E-state index contributed by atoms with van der Waals surface area (Å²) in [4.78, 5) is 17.4. The maximum Gasteiger partial charge on any atom is 0.465 e. The molecule has 0 saturated carbocycles. The van der Waals surface area contributed by atoms with Crippen LogP contribution in [0.4, 0.5) is 0 Å². The summed E-state index contributed by atoms with van der Waals surface area (Å²) in [7, 11) is -3.12. The van der Waals surface area contributed by atoms with Crippen LogP contribution in [0.1, 0.15) is 13.8 Å². The lowest BCUT2D eigenvalue weighted by Crippen LogP contribution is -2.27. The number of carbonyl (C=O) groups is 1. The van der Waals surface area contributed by atoms with Gasteiger partial charge in [-0.3, -0.25) is 9.69 Å². The van der Waals surface area contributed by atoms with Gasteiger partial charge >= 0.3 is 7.91 Å². The van der Waals surface area contributed by atoms with E-state index in [1.165, 1.54) is 6.08 Å². The third kappa shape index (κ3) is 23.0. The van der Waals surface area contributed by atoms with Crippen LogP contribution in [0.3, 0.4) is 0 Å². The average molecular weight is 193 g/mol. The molecule has 0 saturated heterocycles. The molecular weight excluding hydrogens is 181 g/mol. The van der Waals surface area contributed by atoms with Gasteiger partial charge in [-0.2, -0.15) is 0 Å². The summed E-state index contributed by atoms with van der Waals surface area (Å²) in [5, 5.41) is 2.64. The van der Waals surface area contributed by atoms with E-state index < -0.39 is 7.91 Å². The van der Waals surface area contributed by atoms with Gasteiger partial charge in [-0.1, -0.05) is 6.58 Å². The summed E-state index contributed by atoms with van der Waals surface area (Å²) >= 11 is 0. The number of carbonyl (C=O) groups excluding carboxylic acids is 1. The minimum absolute atomic E-state index is 0.111. The molecule has 0 radical (unpaired) electrons. The van der Waals surface area contributed by atoms with Gasteiger partial charge in [-0.05, 0) is 19.9 Å². The zero-order valence-corrected chi connectivity index (χ0v) is 7.88. The summed E-state index contributed by atoms with van der Waals surface area (Å²) in [6.45, 7) is 7.11. The molecule has 0 heterocycles. The van der Waals surface area contributed by atoms with Crippen molar-refractivity contribution in [3.8, 4) is 0 Å². The van der Waals surface area contributed by atoms with Crippen LogP contribution in [0.25, 0.3) is 0 Å². The summed E-state index contributed by atoms with van der Waals surface area (Å²) in [5.41, 5.74) is 0. The molecule has 6 heteroatoms. The smallest absolute Gasteiger partial charge is 0.350 e. The molecule has 0 aliphatic heterocycles. The Labute approximate surface area is 71.4 Å². The van der Waals surface area contributed by atoms with E-state index in [1.807, 2.05) is 13.8 Å². The standard InChI is InChI=1S/C6H11NO.HO3P/c1-4-6(8)7-5(2)3;1-4(2)3/h4-5H,1H2,2-3H3,(H,7,8);(H,1,2,3). The van der Waals surface area contributed by atoms with E-state index in [1.54, 1.807) is 0 Å². The van der Waals surface area contributed by atoms with Gasteiger partial charge in [0.1, 0.15) is 0 Å². The molecule has 5 nitrogen and oxygen atoms in total. The Hall–Kier alpha value is -0.930. The second-order valence-corrected chi connectivity index (χ2v) is 2.58. The van der Waals surface area contributed by atoms with Crippen LogP contribution >= 0.6 is 7.91 Å². The van der Waals surface area contributed by atoms with E-state index in [4.69, 9.17) is 14.0 Å². The number of hydrogen-bond donors (Lipinski definition) is 2. The number of nitrogens with one attached hydrogen (secondary N) is 1. The molecule has 0 aromatic heterocycles. The second kappa shape index (κ2) is 8.17. The number of amides is 1. The first-order chi connectivity index (χ1) is 5.40. The molecular formula is C6H12NO4P. The molecule has 0 fully saturated rings. The number of hydrogen-bond acceptors (Lipinski definition) is 3. The van der Waals surface area contributed by atoms with Crippen molar-refractivity contribution in [1.29, 1.82) is 0 Å². The van der Waals surface area contributed by atoms with Gasteiger partial charge in [0.05, 0.1) is 0 Å². The SMILES string of the molecule is C=CC(=O)NC(C)C.O=P(=O)O. The van der Waals surface area contributed by atoms with Crippen LogP contribution in [-0.4, -0.2) is 16.8 Å². The zero-order valence-electron chi connectivity index (χ0n) is 6.98. The molecule has 2 N–H and O–H groups in total. The van der Waals surface area contributed by atoms with Crippen LogP contribution in [0.15, 0.2) is 12.7 Å². The van der Waals surface area contributed by atoms with E-state index in [2.05, 4.69) is 11.9 Å². The summed E-state index contributed by atoms with van der Waals surface area (Å²) in [6, 6.07) is 0.209. The lowest BCUT2D eigenvalue weighted by molar-refractivity contribution is -0.116. The Bertz CT molecular complexity index is 202. The van der Waals surface area contributed by atoms with Gasteiger partial charge in [-0.15, -0.1) is 0 Å². The van der Waals surface area contributed by atoms with Crippen molar-refractivity contribution < 1.29 is 18.8 Å². The van der Waals surface area contributed by atoms with Gasteiger partial charge in [0, 0.05) is 6.04 Å². The van der Waals surface area contributed by atoms with E-state index in [0.29, 0.717) is 0 Å². The first kappa shape index (κ1) is 13.6. The zero-order chi connectivity index (χ0) is 10.1. The minimum atomic E-state index is -3.12. The van der Waals surface area contributed by atoms with Crippen molar-refractivity contribution in [2.24, 2.45) is 0 Å².